The van der Waals surface area contributed by atoms with Gasteiger partial charge in [-0.25, -0.2) is 0 Å². The molecular formula is C21H23N3O2. The number of fused-ring (bicyclic) bond motifs is 2. The molecule has 2 aromatic carbocycles. The maximum Gasteiger partial charge on any atom is 0.195 e. The van der Waals surface area contributed by atoms with Crippen molar-refractivity contribution in [2.75, 3.05) is 31.1 Å². The van der Waals surface area contributed by atoms with Gasteiger partial charge in [0.1, 0.15) is 0 Å². The Labute approximate surface area is 151 Å². The summed E-state index contributed by atoms with van der Waals surface area (Å²) in [6.45, 7) is 8.36. The van der Waals surface area contributed by atoms with Crippen molar-refractivity contribution in [2.45, 2.75) is 19.9 Å². The number of rotatable bonds is 2. The van der Waals surface area contributed by atoms with Crippen LogP contribution >= 0.6 is 0 Å². The lowest BCUT2D eigenvalue weighted by molar-refractivity contribution is 0.209. The molecule has 0 amide bonds. The Kier molecular flexibility index (Phi) is 4.24. The van der Waals surface area contributed by atoms with Gasteiger partial charge in [-0.1, -0.05) is 12.1 Å². The van der Waals surface area contributed by atoms with Crippen molar-refractivity contribution in [1.29, 1.82) is 0 Å². The first kappa shape index (κ1) is 16.8. The molecule has 5 heteroatoms. The Morgan fingerprint density at radius 1 is 0.923 bits per heavy atom. The molecule has 4 rings (SSSR count). The highest BCUT2D eigenvalue weighted by molar-refractivity contribution is 5.92. The Balaban J connectivity index is 1.80. The fourth-order valence-electron chi connectivity index (χ4n) is 3.70. The molecule has 1 fully saturated rings. The van der Waals surface area contributed by atoms with Crippen LogP contribution in [0.25, 0.3) is 21.7 Å². The molecule has 0 saturated carbocycles. The summed E-state index contributed by atoms with van der Waals surface area (Å²) in [6.07, 6.45) is 1.97. The van der Waals surface area contributed by atoms with Crippen molar-refractivity contribution >= 4 is 27.4 Å². The highest BCUT2D eigenvalue weighted by Crippen LogP contribution is 2.21. The predicted octanol–water partition coefficient (Wildman–Crippen LogP) is 2.57. The van der Waals surface area contributed by atoms with Gasteiger partial charge in [0.15, 0.2) is 10.9 Å². The van der Waals surface area contributed by atoms with E-state index in [1.807, 2.05) is 24.4 Å². The molecule has 134 valence electrons. The molecule has 5 nitrogen and oxygen atoms in total. The van der Waals surface area contributed by atoms with Crippen molar-refractivity contribution in [3.05, 3.63) is 63.0 Å². The zero-order valence-electron chi connectivity index (χ0n) is 15.2. The number of piperazine rings is 1. The number of benzene rings is 1. The average Bonchev–Trinajstić information content (AvgIpc) is 2.79. The van der Waals surface area contributed by atoms with E-state index in [-0.39, 0.29) is 10.9 Å². The fraction of sp³-hybridized carbons (Fsp3) is 0.333. The van der Waals surface area contributed by atoms with Crippen molar-refractivity contribution in [2.24, 2.45) is 0 Å². The number of anilines is 1. The van der Waals surface area contributed by atoms with Gasteiger partial charge in [-0.15, -0.1) is 0 Å². The number of nitrogens with one attached hydrogen (secondary N) is 1. The van der Waals surface area contributed by atoms with Crippen LogP contribution in [0, 0.1) is 0 Å². The summed E-state index contributed by atoms with van der Waals surface area (Å²) >= 11 is 0. The van der Waals surface area contributed by atoms with Gasteiger partial charge in [-0.3, -0.25) is 14.5 Å². The van der Waals surface area contributed by atoms with Crippen LogP contribution in [0.4, 0.5) is 5.69 Å². The Morgan fingerprint density at radius 3 is 2.38 bits per heavy atom. The third-order valence-electron chi connectivity index (χ3n) is 5.31. The van der Waals surface area contributed by atoms with Gasteiger partial charge in [0.25, 0.3) is 0 Å². The number of nitrogens with zero attached hydrogens (tertiary/aromatic N) is 2. The molecule has 0 spiro atoms. The molecule has 0 atom stereocenters. The van der Waals surface area contributed by atoms with Crippen LogP contribution in [-0.2, 0) is 0 Å². The number of pyridine rings is 1. The Bertz CT molecular complexity index is 1080. The van der Waals surface area contributed by atoms with E-state index in [0.29, 0.717) is 16.8 Å². The van der Waals surface area contributed by atoms with Crippen LogP contribution in [0.2, 0.25) is 0 Å². The first-order valence-electron chi connectivity index (χ1n) is 9.11. The smallest absolute Gasteiger partial charge is 0.195 e. The minimum absolute atomic E-state index is 0.100. The second-order valence-electron chi connectivity index (χ2n) is 7.21. The van der Waals surface area contributed by atoms with Gasteiger partial charge in [0.05, 0.1) is 5.69 Å². The van der Waals surface area contributed by atoms with E-state index in [9.17, 15) is 9.59 Å². The van der Waals surface area contributed by atoms with Gasteiger partial charge in [0, 0.05) is 54.7 Å². The molecule has 0 aliphatic carbocycles. The first-order chi connectivity index (χ1) is 12.5. The van der Waals surface area contributed by atoms with E-state index >= 15 is 0 Å². The van der Waals surface area contributed by atoms with E-state index in [0.717, 1.165) is 42.8 Å². The lowest BCUT2D eigenvalue weighted by atomic mass is 10.1. The summed E-state index contributed by atoms with van der Waals surface area (Å²) in [4.78, 5) is 32.8. The van der Waals surface area contributed by atoms with Gasteiger partial charge < -0.3 is 9.88 Å². The van der Waals surface area contributed by atoms with Gasteiger partial charge in [0.2, 0.25) is 0 Å². The lowest BCUT2D eigenvalue weighted by Crippen LogP contribution is -2.48. The number of aromatic amines is 1. The van der Waals surface area contributed by atoms with E-state index < -0.39 is 0 Å². The zero-order chi connectivity index (χ0) is 18.3. The summed E-state index contributed by atoms with van der Waals surface area (Å²) in [7, 11) is 0. The molecule has 1 aromatic heterocycles. The molecule has 26 heavy (non-hydrogen) atoms. The van der Waals surface area contributed by atoms with E-state index in [1.165, 1.54) is 12.1 Å². The highest BCUT2D eigenvalue weighted by atomic mass is 16.1. The van der Waals surface area contributed by atoms with E-state index in [1.54, 1.807) is 6.07 Å². The van der Waals surface area contributed by atoms with E-state index in [4.69, 9.17) is 0 Å². The molecule has 1 saturated heterocycles. The summed E-state index contributed by atoms with van der Waals surface area (Å²) in [5, 5.41) is 1.88. The molecular weight excluding hydrogens is 326 g/mol. The second-order valence-corrected chi connectivity index (χ2v) is 7.21. The molecule has 3 aromatic rings. The molecule has 1 aliphatic heterocycles. The number of hydrogen-bond donors (Lipinski definition) is 1. The fourth-order valence-corrected chi connectivity index (χ4v) is 3.70. The highest BCUT2D eigenvalue weighted by Gasteiger charge is 2.19. The van der Waals surface area contributed by atoms with Gasteiger partial charge in [-0.2, -0.15) is 0 Å². The van der Waals surface area contributed by atoms with Crippen LogP contribution in [0.15, 0.2) is 52.2 Å². The molecule has 1 N–H and O–H groups in total. The zero-order valence-corrected chi connectivity index (χ0v) is 15.2. The first-order valence-corrected chi connectivity index (χ1v) is 9.11. The predicted molar refractivity (Wildman–Crippen MR) is 107 cm³/mol. The third-order valence-corrected chi connectivity index (χ3v) is 5.31. The largest absolute Gasteiger partial charge is 0.368 e. The van der Waals surface area contributed by atoms with Crippen molar-refractivity contribution in [1.82, 2.24) is 9.88 Å². The number of aromatic nitrogens is 1. The topological polar surface area (TPSA) is 56.4 Å². The minimum Gasteiger partial charge on any atom is -0.368 e. The number of hydrogen-bond acceptors (Lipinski definition) is 4. The van der Waals surface area contributed by atoms with Gasteiger partial charge >= 0.3 is 0 Å². The summed E-state index contributed by atoms with van der Waals surface area (Å²) in [5.41, 5.74) is 1.56. The normalized spacial score (nSPS) is 15.9. The summed E-state index contributed by atoms with van der Waals surface area (Å²) < 4.78 is 0. The SMILES string of the molecule is CC(C)N1CCN(c2c[nH]c3ccc4ccc(=O)cc4c(=O)c3c2)CC1. The maximum absolute atomic E-state index is 13.0. The summed E-state index contributed by atoms with van der Waals surface area (Å²) in [5.74, 6) is 0. The van der Waals surface area contributed by atoms with Crippen molar-refractivity contribution in [3.63, 3.8) is 0 Å². The molecule has 0 unspecified atom stereocenters. The van der Waals surface area contributed by atoms with Crippen LogP contribution in [-0.4, -0.2) is 42.1 Å². The summed E-state index contributed by atoms with van der Waals surface area (Å²) in [6, 6.07) is 10.9. The molecule has 0 bridgehead atoms. The van der Waals surface area contributed by atoms with Crippen LogP contribution in [0.3, 0.4) is 0 Å². The minimum atomic E-state index is -0.140. The molecule has 2 heterocycles. The molecule has 0 radical (unpaired) electrons. The average molecular weight is 349 g/mol. The van der Waals surface area contributed by atoms with Crippen LogP contribution in [0.1, 0.15) is 13.8 Å². The Hall–Kier alpha value is -2.66. The standard InChI is InChI=1S/C21H23N3O2/c1-14(2)23-7-9-24(10-8-23)16-11-19-20(22-13-16)6-4-15-3-5-17(25)12-18(15)21(19)26/h3-6,11-14,22H,7-10H2,1-2H3. The van der Waals surface area contributed by atoms with Crippen LogP contribution in [0.5, 0.6) is 0 Å². The second kappa shape index (κ2) is 6.57. The van der Waals surface area contributed by atoms with Gasteiger partial charge in [-0.05, 0) is 43.5 Å². The quantitative estimate of drug-likeness (QED) is 0.773. The lowest BCUT2D eigenvalue weighted by Gasteiger charge is -2.38. The number of H-pyrrole nitrogens is 1. The van der Waals surface area contributed by atoms with Crippen molar-refractivity contribution < 1.29 is 0 Å². The van der Waals surface area contributed by atoms with Crippen LogP contribution < -0.4 is 15.8 Å². The molecule has 1 aliphatic rings. The maximum atomic E-state index is 13.0. The van der Waals surface area contributed by atoms with E-state index in [2.05, 4.69) is 28.6 Å². The Morgan fingerprint density at radius 2 is 1.65 bits per heavy atom. The monoisotopic (exact) mass is 349 g/mol. The third kappa shape index (κ3) is 2.99. The van der Waals surface area contributed by atoms with Crippen molar-refractivity contribution in [3.8, 4) is 0 Å².